The largest absolute Gasteiger partial charge is 0.497 e. The maximum Gasteiger partial charge on any atom is 0.216 e. The molecule has 1 aliphatic rings. The number of benzene rings is 2. The summed E-state index contributed by atoms with van der Waals surface area (Å²) in [7, 11) is 1.63. The van der Waals surface area contributed by atoms with Crippen molar-refractivity contribution in [1.29, 1.82) is 0 Å². The smallest absolute Gasteiger partial charge is 0.216 e. The van der Waals surface area contributed by atoms with Gasteiger partial charge < -0.3 is 13.9 Å². The zero-order chi connectivity index (χ0) is 20.0. The predicted molar refractivity (Wildman–Crippen MR) is 102 cm³/mol. The van der Waals surface area contributed by atoms with Gasteiger partial charge in [0.1, 0.15) is 23.6 Å². The first-order valence-corrected chi connectivity index (χ1v) is 9.13. The van der Waals surface area contributed by atoms with Crippen molar-refractivity contribution in [3.8, 4) is 22.6 Å². The average molecular weight is 394 g/mol. The van der Waals surface area contributed by atoms with Crippen molar-refractivity contribution in [3.05, 3.63) is 71.9 Å². The Morgan fingerprint density at radius 1 is 0.966 bits per heavy atom. The summed E-state index contributed by atoms with van der Waals surface area (Å²) >= 11 is 0. The average Bonchev–Trinajstić information content (AvgIpc) is 3.15. The minimum absolute atomic E-state index is 0.0405. The number of nitrogens with zero attached hydrogens (tertiary/aromatic N) is 2. The standard InChI is InChI=1S/C22H16F2N2O3/c1-27-16-3-5-18-14(7-16)6-15(11-28-18)22-25-17-4-2-12(8-19(17)29-22)13-9-20(23)26-21(24)10-13/h2-5,7-10,15H,6,11H2,1H3/t15-/m0/s1. The van der Waals surface area contributed by atoms with Crippen molar-refractivity contribution in [3.63, 3.8) is 0 Å². The molecule has 7 heteroatoms. The van der Waals surface area contributed by atoms with E-state index in [4.69, 9.17) is 13.9 Å². The van der Waals surface area contributed by atoms with Gasteiger partial charge in [-0.1, -0.05) is 6.07 Å². The molecule has 3 heterocycles. The van der Waals surface area contributed by atoms with E-state index in [9.17, 15) is 8.78 Å². The lowest BCUT2D eigenvalue weighted by Crippen LogP contribution is -2.19. The van der Waals surface area contributed by atoms with Gasteiger partial charge in [0.15, 0.2) is 5.58 Å². The van der Waals surface area contributed by atoms with Crippen molar-refractivity contribution < 1.29 is 22.7 Å². The van der Waals surface area contributed by atoms with Crippen LogP contribution in [-0.4, -0.2) is 23.7 Å². The topological polar surface area (TPSA) is 57.4 Å². The van der Waals surface area contributed by atoms with Gasteiger partial charge in [-0.25, -0.2) is 4.98 Å². The summed E-state index contributed by atoms with van der Waals surface area (Å²) in [4.78, 5) is 7.71. The summed E-state index contributed by atoms with van der Waals surface area (Å²) in [6.45, 7) is 0.458. The number of aromatic nitrogens is 2. The molecular formula is C22H16F2N2O3. The van der Waals surface area contributed by atoms with E-state index in [1.165, 1.54) is 12.1 Å². The van der Waals surface area contributed by atoms with Crippen LogP contribution < -0.4 is 9.47 Å². The Bertz CT molecular complexity index is 1200. The second-order valence-electron chi connectivity index (χ2n) is 6.92. The Balaban J connectivity index is 1.47. The van der Waals surface area contributed by atoms with Crippen molar-refractivity contribution in [2.75, 3.05) is 13.7 Å². The number of fused-ring (bicyclic) bond motifs is 2. The van der Waals surface area contributed by atoms with E-state index in [0.717, 1.165) is 17.1 Å². The molecule has 0 amide bonds. The van der Waals surface area contributed by atoms with E-state index < -0.39 is 11.9 Å². The summed E-state index contributed by atoms with van der Waals surface area (Å²) in [5, 5.41) is 0. The monoisotopic (exact) mass is 394 g/mol. The molecule has 5 nitrogen and oxygen atoms in total. The quantitative estimate of drug-likeness (QED) is 0.463. The highest BCUT2D eigenvalue weighted by molar-refractivity contribution is 5.80. The zero-order valence-corrected chi connectivity index (χ0v) is 15.5. The molecule has 29 heavy (non-hydrogen) atoms. The fourth-order valence-corrected chi connectivity index (χ4v) is 3.58. The Morgan fingerprint density at radius 2 is 1.79 bits per heavy atom. The highest BCUT2D eigenvalue weighted by Crippen LogP contribution is 2.36. The number of halogens is 2. The van der Waals surface area contributed by atoms with Gasteiger partial charge in [-0.15, -0.1) is 0 Å². The molecule has 4 aromatic rings. The van der Waals surface area contributed by atoms with E-state index in [-0.39, 0.29) is 5.92 Å². The molecule has 0 unspecified atom stereocenters. The van der Waals surface area contributed by atoms with Crippen molar-refractivity contribution in [1.82, 2.24) is 9.97 Å². The number of rotatable bonds is 3. The van der Waals surface area contributed by atoms with E-state index in [0.29, 0.717) is 41.1 Å². The third-order valence-corrected chi connectivity index (χ3v) is 5.02. The van der Waals surface area contributed by atoms with Gasteiger partial charge in [-0.05, 0) is 53.4 Å². The Labute approximate surface area is 164 Å². The normalized spacial score (nSPS) is 15.8. The summed E-state index contributed by atoms with van der Waals surface area (Å²) in [6, 6.07) is 13.3. The number of hydrogen-bond donors (Lipinski definition) is 0. The van der Waals surface area contributed by atoms with Crippen LogP contribution in [0.5, 0.6) is 11.5 Å². The molecule has 0 fully saturated rings. The SMILES string of the molecule is COc1ccc2c(c1)C[C@H](c1nc3ccc(-c4cc(F)nc(F)c4)cc3o1)CO2. The summed E-state index contributed by atoms with van der Waals surface area (Å²) in [5.74, 6) is 0.395. The van der Waals surface area contributed by atoms with Gasteiger partial charge in [0, 0.05) is 12.1 Å². The van der Waals surface area contributed by atoms with Crippen LogP contribution in [0.2, 0.25) is 0 Å². The molecule has 0 bridgehead atoms. The lowest BCUT2D eigenvalue weighted by molar-refractivity contribution is 0.243. The first-order chi connectivity index (χ1) is 14.1. The van der Waals surface area contributed by atoms with Crippen LogP contribution in [0.25, 0.3) is 22.2 Å². The summed E-state index contributed by atoms with van der Waals surface area (Å²) in [6.07, 6.45) is 0.715. The molecule has 1 atom stereocenters. The van der Waals surface area contributed by atoms with Gasteiger partial charge in [-0.3, -0.25) is 0 Å². The third-order valence-electron chi connectivity index (χ3n) is 5.02. The Hall–Kier alpha value is -3.48. The van der Waals surface area contributed by atoms with Gasteiger partial charge in [-0.2, -0.15) is 13.8 Å². The van der Waals surface area contributed by atoms with Gasteiger partial charge in [0.2, 0.25) is 17.8 Å². The number of methoxy groups -OCH3 is 1. The third kappa shape index (κ3) is 3.29. The molecule has 0 spiro atoms. The van der Waals surface area contributed by atoms with E-state index in [1.54, 1.807) is 25.3 Å². The van der Waals surface area contributed by atoms with Crippen LogP contribution in [0, 0.1) is 11.9 Å². The van der Waals surface area contributed by atoms with Gasteiger partial charge >= 0.3 is 0 Å². The minimum Gasteiger partial charge on any atom is -0.497 e. The summed E-state index contributed by atoms with van der Waals surface area (Å²) < 4.78 is 44.0. The fraction of sp³-hybridized carbons (Fsp3) is 0.182. The highest BCUT2D eigenvalue weighted by atomic mass is 19.1. The zero-order valence-electron chi connectivity index (χ0n) is 15.5. The predicted octanol–water partition coefficient (Wildman–Crippen LogP) is 4.90. The van der Waals surface area contributed by atoms with E-state index in [2.05, 4.69) is 9.97 Å². The maximum atomic E-state index is 13.4. The van der Waals surface area contributed by atoms with Crippen LogP contribution in [0.4, 0.5) is 8.78 Å². The van der Waals surface area contributed by atoms with Crippen LogP contribution in [0.15, 0.2) is 52.9 Å². The molecule has 0 saturated carbocycles. The van der Waals surface area contributed by atoms with Gasteiger partial charge in [0.25, 0.3) is 0 Å². The number of ether oxygens (including phenoxy) is 2. The second-order valence-corrected chi connectivity index (χ2v) is 6.92. The van der Waals surface area contributed by atoms with E-state index in [1.807, 2.05) is 18.2 Å². The lowest BCUT2D eigenvalue weighted by atomic mass is 9.96. The maximum absolute atomic E-state index is 13.4. The minimum atomic E-state index is -0.869. The molecule has 146 valence electrons. The number of oxazole rings is 1. The van der Waals surface area contributed by atoms with Crippen LogP contribution >= 0.6 is 0 Å². The molecule has 1 aliphatic heterocycles. The molecule has 2 aromatic heterocycles. The Morgan fingerprint density at radius 3 is 2.59 bits per heavy atom. The number of hydrogen-bond acceptors (Lipinski definition) is 5. The van der Waals surface area contributed by atoms with Crippen molar-refractivity contribution in [2.45, 2.75) is 12.3 Å². The number of pyridine rings is 1. The first kappa shape index (κ1) is 17.6. The molecule has 0 saturated heterocycles. The fourth-order valence-electron chi connectivity index (χ4n) is 3.58. The van der Waals surface area contributed by atoms with Crippen molar-refractivity contribution in [2.24, 2.45) is 0 Å². The second kappa shape index (κ2) is 6.84. The van der Waals surface area contributed by atoms with Crippen molar-refractivity contribution >= 4 is 11.1 Å². The first-order valence-electron chi connectivity index (χ1n) is 9.13. The molecule has 0 radical (unpaired) electrons. The van der Waals surface area contributed by atoms with Gasteiger partial charge in [0.05, 0.1) is 13.0 Å². The van der Waals surface area contributed by atoms with Crippen LogP contribution in [0.1, 0.15) is 17.4 Å². The van der Waals surface area contributed by atoms with Crippen LogP contribution in [-0.2, 0) is 6.42 Å². The lowest BCUT2D eigenvalue weighted by Gasteiger charge is -2.23. The van der Waals surface area contributed by atoms with E-state index >= 15 is 0 Å². The molecule has 2 aromatic carbocycles. The molecular weight excluding hydrogens is 378 g/mol. The molecule has 0 N–H and O–H groups in total. The highest BCUT2D eigenvalue weighted by Gasteiger charge is 2.26. The molecule has 0 aliphatic carbocycles. The summed E-state index contributed by atoms with van der Waals surface area (Å²) in [5.41, 5.74) is 3.26. The van der Waals surface area contributed by atoms with Crippen LogP contribution in [0.3, 0.4) is 0 Å². The Kier molecular flexibility index (Phi) is 4.16. The molecule has 5 rings (SSSR count).